The number of benzene rings is 1. The minimum atomic E-state index is -3.68. The number of likely N-dealkylation sites (N-methyl/N-ethyl adjacent to an activating group) is 1. The van der Waals surface area contributed by atoms with Crippen LogP contribution in [0.3, 0.4) is 0 Å². The van der Waals surface area contributed by atoms with Crippen LogP contribution in [-0.2, 0) is 24.6 Å². The minimum absolute atomic E-state index is 0.320. The van der Waals surface area contributed by atoms with Crippen molar-refractivity contribution in [3.8, 4) is 0 Å². The van der Waals surface area contributed by atoms with Gasteiger partial charge in [-0.2, -0.15) is 8.42 Å². The number of carbonyl (C=O) groups is 1. The third-order valence-electron chi connectivity index (χ3n) is 3.02. The molecule has 1 aliphatic carbocycles. The predicted octanol–water partition coefficient (Wildman–Crippen LogP) is 1.07. The molecule has 18 heavy (non-hydrogen) atoms. The van der Waals surface area contributed by atoms with Crippen LogP contribution >= 0.6 is 0 Å². The largest absolute Gasteiger partial charge is 0.285 e. The van der Waals surface area contributed by atoms with Gasteiger partial charge in [0.1, 0.15) is 0 Å². The van der Waals surface area contributed by atoms with Gasteiger partial charge < -0.3 is 0 Å². The molecule has 0 heterocycles. The van der Waals surface area contributed by atoms with E-state index >= 15 is 0 Å². The predicted molar refractivity (Wildman–Crippen MR) is 66.1 cm³/mol. The normalized spacial score (nSPS) is 17.2. The fourth-order valence-electron chi connectivity index (χ4n) is 2.05. The summed E-state index contributed by atoms with van der Waals surface area (Å²) in [5.41, 5.74) is 0.291. The van der Waals surface area contributed by atoms with Gasteiger partial charge in [0.25, 0.3) is 16.0 Å². The molecule has 1 amide bonds. The van der Waals surface area contributed by atoms with Crippen LogP contribution in [0.4, 0.5) is 0 Å². The lowest BCUT2D eigenvalue weighted by molar-refractivity contribution is -0.154. The van der Waals surface area contributed by atoms with E-state index in [1.165, 1.54) is 7.05 Å². The Morgan fingerprint density at radius 1 is 1.28 bits per heavy atom. The van der Waals surface area contributed by atoms with Gasteiger partial charge in [-0.25, -0.2) is 5.06 Å². The van der Waals surface area contributed by atoms with Crippen molar-refractivity contribution >= 4 is 16.0 Å². The van der Waals surface area contributed by atoms with E-state index in [4.69, 9.17) is 0 Å². The first-order valence-corrected chi connectivity index (χ1v) is 7.40. The highest BCUT2D eigenvalue weighted by atomic mass is 32.2. The number of nitrogens with zero attached hydrogens (tertiary/aromatic N) is 1. The monoisotopic (exact) mass is 269 g/mol. The second-order valence-corrected chi connectivity index (χ2v) is 6.09. The molecule has 0 radical (unpaired) electrons. The fourth-order valence-corrected chi connectivity index (χ4v) is 2.52. The van der Waals surface area contributed by atoms with Crippen LogP contribution < -0.4 is 0 Å². The molecule has 2 rings (SSSR count). The zero-order valence-corrected chi connectivity index (χ0v) is 11.1. The first-order valence-electron chi connectivity index (χ1n) is 5.58. The average molecular weight is 269 g/mol. The Labute approximate surface area is 106 Å². The average Bonchev–Trinajstić information content (AvgIpc) is 3.08. The second kappa shape index (κ2) is 4.37. The molecule has 0 unspecified atom stereocenters. The third-order valence-corrected chi connectivity index (χ3v) is 3.51. The Hall–Kier alpha value is -1.40. The molecule has 6 heteroatoms. The minimum Gasteiger partial charge on any atom is -0.272 e. The molecule has 5 nitrogen and oxygen atoms in total. The third kappa shape index (κ3) is 2.54. The van der Waals surface area contributed by atoms with Gasteiger partial charge in [-0.1, -0.05) is 30.3 Å². The molecule has 1 aliphatic rings. The van der Waals surface area contributed by atoms with Crippen LogP contribution in [0.2, 0.25) is 0 Å². The summed E-state index contributed by atoms with van der Waals surface area (Å²) in [6, 6.07) is 9.35. The SMILES string of the molecule is CN(OS(C)(=O)=O)C(=O)C1(c2ccccc2)CC1. The lowest BCUT2D eigenvalue weighted by atomic mass is 9.95. The van der Waals surface area contributed by atoms with Crippen LogP contribution in [-0.4, -0.2) is 32.7 Å². The van der Waals surface area contributed by atoms with Crippen molar-refractivity contribution < 1.29 is 17.5 Å². The van der Waals surface area contributed by atoms with Crippen molar-refractivity contribution in [1.29, 1.82) is 0 Å². The number of hydrogen-bond donors (Lipinski definition) is 0. The van der Waals surface area contributed by atoms with Crippen molar-refractivity contribution in [2.45, 2.75) is 18.3 Å². The summed E-state index contributed by atoms with van der Waals surface area (Å²) in [7, 11) is -2.35. The van der Waals surface area contributed by atoms with Crippen LogP contribution in [0.15, 0.2) is 30.3 Å². The van der Waals surface area contributed by atoms with Gasteiger partial charge in [0.2, 0.25) is 0 Å². The topological polar surface area (TPSA) is 63.7 Å². The fraction of sp³-hybridized carbons (Fsp3) is 0.417. The van der Waals surface area contributed by atoms with E-state index in [-0.39, 0.29) is 5.91 Å². The highest BCUT2D eigenvalue weighted by Gasteiger charge is 2.53. The van der Waals surface area contributed by atoms with E-state index < -0.39 is 15.5 Å². The van der Waals surface area contributed by atoms with Gasteiger partial charge in [-0.3, -0.25) is 4.79 Å². The number of amides is 1. The molecule has 1 fully saturated rings. The van der Waals surface area contributed by atoms with Crippen molar-refractivity contribution in [3.63, 3.8) is 0 Å². The summed E-state index contributed by atoms with van der Waals surface area (Å²) < 4.78 is 26.6. The van der Waals surface area contributed by atoms with Gasteiger partial charge in [0, 0.05) is 7.05 Å². The van der Waals surface area contributed by atoms with Crippen molar-refractivity contribution in [2.75, 3.05) is 13.3 Å². The molecule has 1 saturated carbocycles. The Kier molecular flexibility index (Phi) is 3.16. The van der Waals surface area contributed by atoms with Crippen molar-refractivity contribution in [2.24, 2.45) is 0 Å². The first kappa shape index (κ1) is 13.0. The van der Waals surface area contributed by atoms with E-state index in [0.29, 0.717) is 12.8 Å². The van der Waals surface area contributed by atoms with Gasteiger partial charge in [-0.05, 0) is 18.4 Å². The van der Waals surface area contributed by atoms with Gasteiger partial charge in [0.05, 0.1) is 11.7 Å². The molecule has 0 N–H and O–H groups in total. The van der Waals surface area contributed by atoms with Crippen LogP contribution in [0.5, 0.6) is 0 Å². The Bertz CT molecular complexity index is 549. The molecule has 0 atom stereocenters. The van der Waals surface area contributed by atoms with Crippen molar-refractivity contribution in [3.05, 3.63) is 35.9 Å². The van der Waals surface area contributed by atoms with Gasteiger partial charge >= 0.3 is 0 Å². The summed E-state index contributed by atoms with van der Waals surface area (Å²) in [6.45, 7) is 0. The Balaban J connectivity index is 2.19. The van der Waals surface area contributed by atoms with Crippen molar-refractivity contribution in [1.82, 2.24) is 5.06 Å². The number of rotatable bonds is 4. The quantitative estimate of drug-likeness (QED) is 0.767. The van der Waals surface area contributed by atoms with E-state index in [2.05, 4.69) is 4.28 Å². The highest BCUT2D eigenvalue weighted by Crippen LogP contribution is 2.49. The summed E-state index contributed by atoms with van der Waals surface area (Å²) in [6.07, 6.45) is 2.35. The summed E-state index contributed by atoms with van der Waals surface area (Å²) in [5.74, 6) is -0.320. The molecule has 1 aromatic carbocycles. The summed E-state index contributed by atoms with van der Waals surface area (Å²) >= 11 is 0. The molecule has 98 valence electrons. The maximum atomic E-state index is 12.2. The standard InChI is InChI=1S/C12H15NO4S/c1-13(17-18(2,15)16)11(14)12(8-9-12)10-6-4-3-5-7-10/h3-7H,8-9H2,1-2H3. The van der Waals surface area contributed by atoms with E-state index in [0.717, 1.165) is 16.9 Å². The summed E-state index contributed by atoms with van der Waals surface area (Å²) in [5, 5.41) is 0.815. The molecule has 0 bridgehead atoms. The number of carbonyl (C=O) groups excluding carboxylic acids is 1. The second-order valence-electron chi connectivity index (χ2n) is 4.53. The van der Waals surface area contributed by atoms with Gasteiger partial charge in [-0.15, -0.1) is 4.28 Å². The lowest BCUT2D eigenvalue weighted by Gasteiger charge is -2.21. The zero-order chi connectivity index (χ0) is 13.4. The molecule has 0 saturated heterocycles. The molecule has 0 aliphatic heterocycles. The molecule has 0 aromatic heterocycles. The van der Waals surface area contributed by atoms with Crippen LogP contribution in [0.25, 0.3) is 0 Å². The highest BCUT2D eigenvalue weighted by molar-refractivity contribution is 7.85. The Morgan fingerprint density at radius 2 is 1.83 bits per heavy atom. The van der Waals surface area contributed by atoms with Gasteiger partial charge in [0.15, 0.2) is 0 Å². The molecular formula is C12H15NO4S. The van der Waals surface area contributed by atoms with E-state index in [1.807, 2.05) is 30.3 Å². The maximum absolute atomic E-state index is 12.2. The zero-order valence-electron chi connectivity index (χ0n) is 10.3. The smallest absolute Gasteiger partial charge is 0.272 e. The van der Waals surface area contributed by atoms with Crippen LogP contribution in [0.1, 0.15) is 18.4 Å². The molecular weight excluding hydrogens is 254 g/mol. The summed E-state index contributed by atoms with van der Waals surface area (Å²) in [4.78, 5) is 12.2. The Morgan fingerprint density at radius 3 is 2.28 bits per heavy atom. The van der Waals surface area contributed by atoms with E-state index in [1.54, 1.807) is 0 Å². The maximum Gasteiger partial charge on any atom is 0.285 e. The number of hydroxylamine groups is 2. The molecule has 0 spiro atoms. The van der Waals surface area contributed by atoms with Crippen LogP contribution in [0, 0.1) is 0 Å². The first-order chi connectivity index (χ1) is 8.35. The lowest BCUT2D eigenvalue weighted by Crippen LogP contribution is -2.37. The van der Waals surface area contributed by atoms with E-state index in [9.17, 15) is 13.2 Å². The number of hydrogen-bond acceptors (Lipinski definition) is 4. The molecule has 1 aromatic rings.